The van der Waals surface area contributed by atoms with E-state index in [-0.39, 0.29) is 17.3 Å². The van der Waals surface area contributed by atoms with Crippen LogP contribution >= 0.6 is 0 Å². The summed E-state index contributed by atoms with van der Waals surface area (Å²) in [6.45, 7) is 2.74. The molecule has 1 aliphatic rings. The third kappa shape index (κ3) is 2.19. The van der Waals surface area contributed by atoms with Gasteiger partial charge in [0.05, 0.1) is 24.5 Å². The monoisotopic (exact) mass is 262 g/mol. The number of nitrogens with two attached hydrogens (primary N) is 1. The van der Waals surface area contributed by atoms with Crippen LogP contribution in [0.2, 0.25) is 0 Å². The maximum atomic E-state index is 9.88. The summed E-state index contributed by atoms with van der Waals surface area (Å²) in [4.78, 5) is 6.26. The van der Waals surface area contributed by atoms with Crippen LogP contribution in [0.4, 0.5) is 11.6 Å². The molecule has 1 aromatic heterocycles. The largest absolute Gasteiger partial charge is 0.505 e. The number of benzene rings is 1. The summed E-state index contributed by atoms with van der Waals surface area (Å²) in [6, 6.07) is 5.02. The van der Waals surface area contributed by atoms with Crippen LogP contribution in [0, 0.1) is 0 Å². The van der Waals surface area contributed by atoms with Gasteiger partial charge in [-0.1, -0.05) is 6.07 Å². The zero-order chi connectivity index (χ0) is 13.2. The lowest BCUT2D eigenvalue weighted by Gasteiger charge is -2.24. The smallest absolute Gasteiger partial charge is 0.266 e. The molecule has 0 unspecified atom stereocenters. The number of aromatic hydroxyl groups is 1. The van der Waals surface area contributed by atoms with Crippen LogP contribution in [-0.4, -0.2) is 41.6 Å². The van der Waals surface area contributed by atoms with Crippen molar-refractivity contribution < 1.29 is 14.4 Å². The average molecular weight is 262 g/mol. The fourth-order valence-corrected chi connectivity index (χ4v) is 1.95. The summed E-state index contributed by atoms with van der Waals surface area (Å²) in [5.74, 6) is 0.714. The average Bonchev–Trinajstić information content (AvgIpc) is 2.92. The van der Waals surface area contributed by atoms with Gasteiger partial charge >= 0.3 is 0 Å². The van der Waals surface area contributed by atoms with Gasteiger partial charge < -0.3 is 25.0 Å². The van der Waals surface area contributed by atoms with E-state index in [0.717, 1.165) is 13.1 Å². The maximum Gasteiger partial charge on any atom is 0.266 e. The highest BCUT2D eigenvalue weighted by atomic mass is 16.5. The third-order valence-electron chi connectivity index (χ3n) is 3.01. The molecule has 7 nitrogen and oxygen atoms in total. The minimum Gasteiger partial charge on any atom is -0.505 e. The molecule has 0 radical (unpaired) electrons. The van der Waals surface area contributed by atoms with Crippen LogP contribution in [-0.2, 0) is 4.74 Å². The number of hydrogen-bond donors (Lipinski definition) is 2. The van der Waals surface area contributed by atoms with Crippen molar-refractivity contribution in [3.05, 3.63) is 18.2 Å². The fraction of sp³-hybridized carbons (Fsp3) is 0.333. The number of ether oxygens (including phenoxy) is 1. The zero-order valence-electron chi connectivity index (χ0n) is 10.2. The Hall–Kier alpha value is -2.28. The molecule has 1 aliphatic heterocycles. The Morgan fingerprint density at radius 3 is 2.84 bits per heavy atom. The van der Waals surface area contributed by atoms with Crippen LogP contribution < -0.4 is 10.6 Å². The second kappa shape index (κ2) is 4.77. The van der Waals surface area contributed by atoms with E-state index < -0.39 is 0 Å². The molecule has 0 saturated carbocycles. The molecule has 2 aromatic rings. The maximum absolute atomic E-state index is 9.88. The Bertz CT molecular complexity index is 578. The summed E-state index contributed by atoms with van der Waals surface area (Å²) in [5.41, 5.74) is 6.36. The highest BCUT2D eigenvalue weighted by Crippen LogP contribution is 2.33. The molecule has 0 spiro atoms. The van der Waals surface area contributed by atoms with Crippen LogP contribution in [0.3, 0.4) is 0 Å². The molecule has 3 N–H and O–H groups in total. The topological polar surface area (TPSA) is 97.6 Å². The van der Waals surface area contributed by atoms with Crippen LogP contribution in [0.5, 0.6) is 5.75 Å². The number of rotatable bonds is 2. The Kier molecular flexibility index (Phi) is 2.96. The summed E-state index contributed by atoms with van der Waals surface area (Å²) >= 11 is 0. The highest BCUT2D eigenvalue weighted by molar-refractivity contribution is 5.71. The molecule has 0 aliphatic carbocycles. The van der Waals surface area contributed by atoms with E-state index in [4.69, 9.17) is 15.0 Å². The summed E-state index contributed by atoms with van der Waals surface area (Å²) in [5, 5.41) is 13.8. The summed E-state index contributed by atoms with van der Waals surface area (Å²) < 4.78 is 10.4. The van der Waals surface area contributed by atoms with Gasteiger partial charge in [-0.25, -0.2) is 0 Å². The molecule has 1 fully saturated rings. The van der Waals surface area contributed by atoms with E-state index in [9.17, 15) is 5.11 Å². The number of anilines is 2. The number of phenols is 1. The Morgan fingerprint density at radius 1 is 1.26 bits per heavy atom. The lowest BCUT2D eigenvalue weighted by Crippen LogP contribution is -2.36. The highest BCUT2D eigenvalue weighted by Gasteiger charge is 2.19. The van der Waals surface area contributed by atoms with Crippen molar-refractivity contribution in [2.24, 2.45) is 0 Å². The molecule has 1 aromatic carbocycles. The van der Waals surface area contributed by atoms with Crippen molar-refractivity contribution in [3.63, 3.8) is 0 Å². The summed E-state index contributed by atoms with van der Waals surface area (Å²) in [6.07, 6.45) is 0. The fourth-order valence-electron chi connectivity index (χ4n) is 1.95. The summed E-state index contributed by atoms with van der Waals surface area (Å²) in [7, 11) is 0. The molecule has 1 saturated heterocycles. The van der Waals surface area contributed by atoms with Gasteiger partial charge in [0.2, 0.25) is 0 Å². The molecule has 2 heterocycles. The van der Waals surface area contributed by atoms with Crippen molar-refractivity contribution in [3.8, 4) is 17.2 Å². The number of hydrogen-bond acceptors (Lipinski definition) is 7. The van der Waals surface area contributed by atoms with Crippen molar-refractivity contribution in [2.75, 3.05) is 36.9 Å². The van der Waals surface area contributed by atoms with Crippen molar-refractivity contribution in [2.45, 2.75) is 0 Å². The molecule has 0 atom stereocenters. The van der Waals surface area contributed by atoms with Gasteiger partial charge in [-0.3, -0.25) is 0 Å². The van der Waals surface area contributed by atoms with Crippen molar-refractivity contribution >= 4 is 11.6 Å². The van der Waals surface area contributed by atoms with Gasteiger partial charge in [0.15, 0.2) is 5.75 Å². The molecule has 7 heteroatoms. The van der Waals surface area contributed by atoms with E-state index >= 15 is 0 Å². The Morgan fingerprint density at radius 2 is 2.05 bits per heavy atom. The van der Waals surface area contributed by atoms with Crippen LogP contribution in [0.25, 0.3) is 11.5 Å². The zero-order valence-corrected chi connectivity index (χ0v) is 10.2. The van der Waals surface area contributed by atoms with Gasteiger partial charge in [-0.15, -0.1) is 0 Å². The number of phenolic OH excluding ortho intramolecular Hbond substituents is 1. The normalized spacial score (nSPS) is 15.7. The van der Waals surface area contributed by atoms with E-state index in [2.05, 4.69) is 10.1 Å². The number of para-hydroxylation sites is 1. The second-order valence-electron chi connectivity index (χ2n) is 4.24. The molecular weight excluding hydrogens is 248 g/mol. The van der Waals surface area contributed by atoms with E-state index in [1.165, 1.54) is 0 Å². The third-order valence-corrected chi connectivity index (χ3v) is 3.01. The van der Waals surface area contributed by atoms with Crippen LogP contribution in [0.15, 0.2) is 22.7 Å². The quantitative estimate of drug-likeness (QED) is 0.611. The first-order chi connectivity index (χ1) is 9.25. The molecule has 0 bridgehead atoms. The van der Waals surface area contributed by atoms with E-state index in [1.54, 1.807) is 18.2 Å². The first-order valence-electron chi connectivity index (χ1n) is 6.00. The number of morpholine rings is 1. The molecular formula is C12H14N4O3. The molecule has 100 valence electrons. The molecule has 19 heavy (non-hydrogen) atoms. The lowest BCUT2D eigenvalue weighted by molar-refractivity contribution is 0.121. The van der Waals surface area contributed by atoms with Gasteiger partial charge in [0, 0.05) is 13.1 Å². The first-order valence-corrected chi connectivity index (χ1v) is 6.00. The minimum absolute atomic E-state index is 0.0420. The first kappa shape index (κ1) is 11.8. The second-order valence-corrected chi connectivity index (χ2v) is 4.24. The predicted molar refractivity (Wildman–Crippen MR) is 68.8 cm³/mol. The van der Waals surface area contributed by atoms with E-state index in [1.807, 2.05) is 4.90 Å². The van der Waals surface area contributed by atoms with Gasteiger partial charge in [0.1, 0.15) is 0 Å². The Labute approximate surface area is 109 Å². The number of nitrogens with zero attached hydrogens (tertiary/aromatic N) is 3. The van der Waals surface area contributed by atoms with Gasteiger partial charge in [-0.05, 0) is 17.3 Å². The molecule has 0 amide bonds. The number of aromatic nitrogens is 2. The van der Waals surface area contributed by atoms with Gasteiger partial charge in [0.25, 0.3) is 11.8 Å². The van der Waals surface area contributed by atoms with Crippen LogP contribution in [0.1, 0.15) is 0 Å². The standard InChI is InChI=1S/C12H14N4O3/c13-9-3-1-2-8(10(9)17)11-14-12(15-19-11)16-4-6-18-7-5-16/h1-3,17H,4-7,13H2. The minimum atomic E-state index is -0.0420. The van der Waals surface area contributed by atoms with E-state index in [0.29, 0.717) is 24.7 Å². The number of nitrogen functional groups attached to an aromatic ring is 1. The molecule has 3 rings (SSSR count). The SMILES string of the molecule is Nc1cccc(-c2nc(N3CCOCC3)no2)c1O. The van der Waals surface area contributed by atoms with Crippen molar-refractivity contribution in [1.29, 1.82) is 0 Å². The Balaban J connectivity index is 1.90. The predicted octanol–water partition coefficient (Wildman–Crippen LogP) is 0.861. The lowest BCUT2D eigenvalue weighted by atomic mass is 10.2. The van der Waals surface area contributed by atoms with Crippen molar-refractivity contribution in [1.82, 2.24) is 10.1 Å². The van der Waals surface area contributed by atoms with Gasteiger partial charge in [-0.2, -0.15) is 4.98 Å².